The molecule has 0 aliphatic rings. The Bertz CT molecular complexity index is 614. The van der Waals surface area contributed by atoms with Crippen LogP contribution in [0.15, 0.2) is 42.6 Å². The molecule has 1 aromatic heterocycles. The summed E-state index contributed by atoms with van der Waals surface area (Å²) in [5, 5.41) is 3.25. The van der Waals surface area contributed by atoms with Crippen LogP contribution >= 0.6 is 11.6 Å². The number of pyridine rings is 1. The largest absolute Gasteiger partial charge is 0.480 e. The summed E-state index contributed by atoms with van der Waals surface area (Å²) in [6.07, 6.45) is 1.48. The number of hydrogen-bond donors (Lipinski definition) is 1. The Hall–Kier alpha value is -2.07. The highest BCUT2D eigenvalue weighted by molar-refractivity contribution is 6.30. The zero-order valence-corrected chi connectivity index (χ0v) is 12.7. The number of carbonyl (C=O) groups excluding carboxylic acids is 1. The number of nitrogens with one attached hydrogen (secondary N) is 1. The average Bonchev–Trinajstić information content (AvgIpc) is 2.48. The summed E-state index contributed by atoms with van der Waals surface area (Å²) in [5.41, 5.74) is 0.994. The van der Waals surface area contributed by atoms with Crippen LogP contribution in [0.25, 0.3) is 0 Å². The highest BCUT2D eigenvalue weighted by Gasteiger charge is 2.19. The molecule has 5 heteroatoms. The number of amides is 1. The van der Waals surface area contributed by atoms with Crippen molar-refractivity contribution in [1.82, 2.24) is 4.98 Å². The Labute approximate surface area is 129 Å². The number of para-hydroxylation sites is 1. The van der Waals surface area contributed by atoms with E-state index in [2.05, 4.69) is 10.3 Å². The molecule has 2 aromatic rings. The maximum absolute atomic E-state index is 12.2. The van der Waals surface area contributed by atoms with Crippen LogP contribution in [-0.4, -0.2) is 17.0 Å². The first-order valence-electron chi connectivity index (χ1n) is 6.75. The molecule has 4 nitrogen and oxygen atoms in total. The number of rotatable bonds is 5. The lowest BCUT2D eigenvalue weighted by molar-refractivity contribution is -0.122. The molecule has 1 N–H and O–H groups in total. The van der Waals surface area contributed by atoms with Crippen LogP contribution in [0.3, 0.4) is 0 Å². The lowest BCUT2D eigenvalue weighted by atomic mass is 10.2. The van der Waals surface area contributed by atoms with Crippen molar-refractivity contribution >= 4 is 23.3 Å². The number of benzene rings is 1. The number of ether oxygens (including phenoxy) is 1. The van der Waals surface area contributed by atoms with Gasteiger partial charge < -0.3 is 10.1 Å². The third kappa shape index (κ3) is 4.20. The molecule has 0 aliphatic carbocycles. The number of aromatic nitrogens is 1. The van der Waals surface area contributed by atoms with E-state index in [1.54, 1.807) is 12.1 Å². The number of anilines is 1. The smallest absolute Gasteiger partial charge is 0.266 e. The molecular weight excluding hydrogens is 288 g/mol. The molecule has 1 unspecified atom stereocenters. The molecule has 110 valence electrons. The topological polar surface area (TPSA) is 51.2 Å². The molecule has 0 radical (unpaired) electrons. The molecule has 1 amide bonds. The predicted octanol–water partition coefficient (Wildman–Crippen LogP) is 3.84. The van der Waals surface area contributed by atoms with E-state index in [-0.39, 0.29) is 5.91 Å². The van der Waals surface area contributed by atoms with Crippen molar-refractivity contribution in [1.29, 1.82) is 0 Å². The normalized spacial score (nSPS) is 11.8. The summed E-state index contributed by atoms with van der Waals surface area (Å²) >= 11 is 5.76. The lowest BCUT2D eigenvalue weighted by Crippen LogP contribution is -2.32. The third-order valence-electron chi connectivity index (χ3n) is 3.00. The number of aryl methyl sites for hydroxylation is 1. The van der Waals surface area contributed by atoms with Gasteiger partial charge >= 0.3 is 0 Å². The van der Waals surface area contributed by atoms with Gasteiger partial charge in [-0.2, -0.15) is 0 Å². The molecule has 0 aliphatic heterocycles. The summed E-state index contributed by atoms with van der Waals surface area (Å²) in [5.74, 6) is 0.940. The number of hydrogen-bond acceptors (Lipinski definition) is 3. The van der Waals surface area contributed by atoms with Crippen molar-refractivity contribution in [3.8, 4) is 5.75 Å². The van der Waals surface area contributed by atoms with Crippen LogP contribution in [0.4, 0.5) is 5.82 Å². The summed E-state index contributed by atoms with van der Waals surface area (Å²) in [6.45, 7) is 3.85. The van der Waals surface area contributed by atoms with Gasteiger partial charge in [0.05, 0.1) is 5.02 Å². The van der Waals surface area contributed by atoms with Gasteiger partial charge in [0.25, 0.3) is 5.91 Å². The van der Waals surface area contributed by atoms with Crippen LogP contribution in [0.5, 0.6) is 5.75 Å². The molecule has 0 saturated heterocycles. The molecule has 0 bridgehead atoms. The Balaban J connectivity index is 2.05. The summed E-state index contributed by atoms with van der Waals surface area (Å²) in [4.78, 5) is 16.3. The van der Waals surface area contributed by atoms with Crippen molar-refractivity contribution < 1.29 is 9.53 Å². The van der Waals surface area contributed by atoms with Crippen molar-refractivity contribution in [2.75, 3.05) is 5.32 Å². The van der Waals surface area contributed by atoms with Gasteiger partial charge in [0.15, 0.2) is 6.10 Å². The SMILES string of the molecule is CCC(Oc1ccccc1C)C(=O)Nc1ccc(Cl)cn1. The van der Waals surface area contributed by atoms with Crippen molar-refractivity contribution in [2.24, 2.45) is 0 Å². The zero-order valence-electron chi connectivity index (χ0n) is 12.0. The first-order valence-corrected chi connectivity index (χ1v) is 7.12. The van der Waals surface area contributed by atoms with Gasteiger partial charge in [-0.1, -0.05) is 36.7 Å². The number of halogens is 1. The minimum atomic E-state index is -0.566. The predicted molar refractivity (Wildman–Crippen MR) is 83.8 cm³/mol. The average molecular weight is 305 g/mol. The van der Waals surface area contributed by atoms with Crippen LogP contribution in [0.1, 0.15) is 18.9 Å². The van der Waals surface area contributed by atoms with Gasteiger partial charge in [-0.25, -0.2) is 4.98 Å². The van der Waals surface area contributed by atoms with E-state index in [1.165, 1.54) is 6.20 Å². The fourth-order valence-corrected chi connectivity index (χ4v) is 1.93. The first kappa shape index (κ1) is 15.3. The Morgan fingerprint density at radius 2 is 2.10 bits per heavy atom. The van der Waals surface area contributed by atoms with E-state index in [9.17, 15) is 4.79 Å². The lowest BCUT2D eigenvalue weighted by Gasteiger charge is -2.18. The summed E-state index contributed by atoms with van der Waals surface area (Å²) in [6, 6.07) is 10.9. The molecule has 1 aromatic carbocycles. The second kappa shape index (κ2) is 7.09. The quantitative estimate of drug-likeness (QED) is 0.913. The number of carbonyl (C=O) groups is 1. The molecule has 0 spiro atoms. The van der Waals surface area contributed by atoms with E-state index in [0.717, 1.165) is 5.56 Å². The Morgan fingerprint density at radius 1 is 1.33 bits per heavy atom. The molecule has 1 atom stereocenters. The van der Waals surface area contributed by atoms with Crippen LogP contribution in [-0.2, 0) is 4.79 Å². The standard InChI is InChI=1S/C16H17ClN2O2/c1-3-13(21-14-7-5-4-6-11(14)2)16(20)19-15-9-8-12(17)10-18-15/h4-10,13H,3H2,1-2H3,(H,18,19,20). The van der Waals surface area contributed by atoms with Crippen molar-refractivity contribution in [2.45, 2.75) is 26.4 Å². The Morgan fingerprint density at radius 3 is 2.71 bits per heavy atom. The highest BCUT2D eigenvalue weighted by atomic mass is 35.5. The van der Waals surface area contributed by atoms with E-state index in [1.807, 2.05) is 38.1 Å². The van der Waals surface area contributed by atoms with Crippen LogP contribution in [0.2, 0.25) is 5.02 Å². The molecule has 0 saturated carbocycles. The molecule has 0 fully saturated rings. The van der Waals surface area contributed by atoms with E-state index in [0.29, 0.717) is 23.0 Å². The van der Waals surface area contributed by atoms with Gasteiger partial charge in [-0.05, 0) is 37.1 Å². The zero-order chi connectivity index (χ0) is 15.2. The van der Waals surface area contributed by atoms with E-state index < -0.39 is 6.10 Å². The van der Waals surface area contributed by atoms with Crippen LogP contribution < -0.4 is 10.1 Å². The fraction of sp³-hybridized carbons (Fsp3) is 0.250. The summed E-state index contributed by atoms with van der Waals surface area (Å²) in [7, 11) is 0. The van der Waals surface area contributed by atoms with Gasteiger partial charge in [-0.3, -0.25) is 4.79 Å². The molecular formula is C16H17ClN2O2. The van der Waals surface area contributed by atoms with Gasteiger partial charge in [-0.15, -0.1) is 0 Å². The second-order valence-electron chi connectivity index (χ2n) is 4.63. The molecule has 21 heavy (non-hydrogen) atoms. The first-order chi connectivity index (χ1) is 10.1. The third-order valence-corrected chi connectivity index (χ3v) is 3.23. The second-order valence-corrected chi connectivity index (χ2v) is 5.07. The van der Waals surface area contributed by atoms with E-state index in [4.69, 9.17) is 16.3 Å². The van der Waals surface area contributed by atoms with Crippen molar-refractivity contribution in [3.63, 3.8) is 0 Å². The fourth-order valence-electron chi connectivity index (χ4n) is 1.82. The van der Waals surface area contributed by atoms with Crippen LogP contribution in [0, 0.1) is 6.92 Å². The van der Waals surface area contributed by atoms with Crippen molar-refractivity contribution in [3.05, 3.63) is 53.2 Å². The minimum absolute atomic E-state index is 0.226. The molecule has 2 rings (SSSR count). The van der Waals surface area contributed by atoms with E-state index >= 15 is 0 Å². The maximum Gasteiger partial charge on any atom is 0.266 e. The summed E-state index contributed by atoms with van der Waals surface area (Å²) < 4.78 is 5.79. The highest BCUT2D eigenvalue weighted by Crippen LogP contribution is 2.19. The maximum atomic E-state index is 12.2. The van der Waals surface area contributed by atoms with Gasteiger partial charge in [0, 0.05) is 6.20 Å². The van der Waals surface area contributed by atoms with Gasteiger partial charge in [0.1, 0.15) is 11.6 Å². The molecule has 1 heterocycles. The Kier molecular flexibility index (Phi) is 5.17. The number of nitrogens with zero attached hydrogens (tertiary/aromatic N) is 1. The van der Waals surface area contributed by atoms with Gasteiger partial charge in [0.2, 0.25) is 0 Å². The monoisotopic (exact) mass is 304 g/mol. The minimum Gasteiger partial charge on any atom is -0.480 e.